The van der Waals surface area contributed by atoms with E-state index in [-0.39, 0.29) is 6.61 Å². The third-order valence-corrected chi connectivity index (χ3v) is 6.58. The zero-order chi connectivity index (χ0) is 21.9. The second kappa shape index (κ2) is 8.83. The van der Waals surface area contributed by atoms with Crippen LogP contribution in [0.2, 0.25) is 0 Å². The maximum Gasteiger partial charge on any atom is 0.0991 e. The van der Waals surface area contributed by atoms with Crippen LogP contribution < -0.4 is 0 Å². The molecule has 156 valence electrons. The van der Waals surface area contributed by atoms with Gasteiger partial charge in [-0.2, -0.15) is 5.26 Å². The zero-order valence-corrected chi connectivity index (χ0v) is 18.0. The summed E-state index contributed by atoms with van der Waals surface area (Å²) in [6.45, 7) is 0.259. The number of benzene rings is 4. The maximum atomic E-state index is 9.77. The lowest BCUT2D eigenvalue weighted by molar-refractivity contribution is 0.242. The highest BCUT2D eigenvalue weighted by molar-refractivity contribution is 5.94. The predicted octanol–water partition coefficient (Wildman–Crippen LogP) is 6.82. The normalized spacial score (nSPS) is 16.7. The summed E-state index contributed by atoms with van der Waals surface area (Å²) in [7, 11) is 0. The van der Waals surface area contributed by atoms with Crippen molar-refractivity contribution < 1.29 is 5.11 Å². The van der Waals surface area contributed by atoms with E-state index in [1.165, 1.54) is 38.4 Å². The van der Waals surface area contributed by atoms with Gasteiger partial charge in [0.2, 0.25) is 0 Å². The Morgan fingerprint density at radius 3 is 2.44 bits per heavy atom. The summed E-state index contributed by atoms with van der Waals surface area (Å²) in [6, 6.07) is 28.9. The van der Waals surface area contributed by atoms with E-state index in [0.717, 1.165) is 24.6 Å². The molecule has 2 nitrogen and oxygen atoms in total. The van der Waals surface area contributed by atoms with Crippen LogP contribution in [0.4, 0.5) is 0 Å². The van der Waals surface area contributed by atoms with Gasteiger partial charge in [0.1, 0.15) is 0 Å². The minimum Gasteiger partial charge on any atom is -0.396 e. The Balaban J connectivity index is 0.000000154. The number of nitrogens with zero attached hydrogens (tertiary/aromatic N) is 1. The highest BCUT2D eigenvalue weighted by Gasteiger charge is 2.27. The number of fused-ring (bicyclic) bond motifs is 5. The van der Waals surface area contributed by atoms with E-state index in [4.69, 9.17) is 5.26 Å². The Morgan fingerprint density at radius 1 is 0.875 bits per heavy atom. The Bertz CT molecular complexity index is 1400. The molecule has 0 radical (unpaired) electrons. The van der Waals surface area contributed by atoms with Crippen molar-refractivity contribution in [2.45, 2.75) is 19.3 Å². The first kappa shape index (κ1) is 20.2. The summed E-state index contributed by atoms with van der Waals surface area (Å²) in [5.41, 5.74) is 6.32. The number of allylic oxidation sites excluding steroid dienone is 3. The molecule has 0 heterocycles. The molecular weight excluding hydrogens is 390 g/mol. The molecule has 0 aliphatic heterocycles. The number of aliphatic hydroxyl groups excluding tert-OH is 1. The van der Waals surface area contributed by atoms with Gasteiger partial charge >= 0.3 is 0 Å². The molecule has 0 spiro atoms. The van der Waals surface area contributed by atoms with Crippen molar-refractivity contribution in [1.82, 2.24) is 0 Å². The van der Waals surface area contributed by atoms with Gasteiger partial charge in [-0.3, -0.25) is 0 Å². The maximum absolute atomic E-state index is 9.77. The van der Waals surface area contributed by atoms with E-state index in [1.54, 1.807) is 0 Å². The minimum atomic E-state index is 0.259. The average Bonchev–Trinajstić information content (AvgIpc) is 2.88. The molecule has 0 saturated heterocycles. The van der Waals surface area contributed by atoms with Crippen LogP contribution in [0.3, 0.4) is 0 Å². The molecule has 0 aromatic heterocycles. The van der Waals surface area contributed by atoms with E-state index in [2.05, 4.69) is 54.6 Å². The second-order valence-corrected chi connectivity index (χ2v) is 8.45. The summed E-state index contributed by atoms with van der Waals surface area (Å²) in [4.78, 5) is 0. The summed E-state index contributed by atoms with van der Waals surface area (Å²) in [5, 5.41) is 23.4. The molecule has 1 N–H and O–H groups in total. The largest absolute Gasteiger partial charge is 0.396 e. The lowest BCUT2D eigenvalue weighted by atomic mass is 9.74. The Kier molecular flexibility index (Phi) is 5.58. The fourth-order valence-electron chi connectivity index (χ4n) is 4.98. The molecule has 4 aromatic rings. The second-order valence-electron chi connectivity index (χ2n) is 8.45. The molecule has 6 rings (SSSR count). The molecular formula is C30H25NO. The van der Waals surface area contributed by atoms with Gasteiger partial charge in [0.25, 0.3) is 0 Å². The predicted molar refractivity (Wildman–Crippen MR) is 132 cm³/mol. The van der Waals surface area contributed by atoms with Crippen LogP contribution in [0.1, 0.15) is 29.5 Å². The fourth-order valence-corrected chi connectivity index (χ4v) is 4.98. The lowest BCUT2D eigenvalue weighted by Crippen LogP contribution is -2.20. The third-order valence-electron chi connectivity index (χ3n) is 6.58. The Hall–Kier alpha value is -3.67. The van der Waals surface area contributed by atoms with Gasteiger partial charge in [-0.25, -0.2) is 0 Å². The summed E-state index contributed by atoms with van der Waals surface area (Å²) in [6.07, 6.45) is 7.70. The van der Waals surface area contributed by atoms with Crippen molar-refractivity contribution in [2.24, 2.45) is 5.92 Å². The van der Waals surface area contributed by atoms with Crippen molar-refractivity contribution in [3.05, 3.63) is 113 Å². The van der Waals surface area contributed by atoms with Crippen molar-refractivity contribution in [3.8, 4) is 6.07 Å². The van der Waals surface area contributed by atoms with Crippen LogP contribution in [-0.4, -0.2) is 11.7 Å². The first-order valence-corrected chi connectivity index (χ1v) is 11.2. The lowest BCUT2D eigenvalue weighted by Gasteiger charge is -2.31. The minimum absolute atomic E-state index is 0.259. The van der Waals surface area contributed by atoms with Crippen molar-refractivity contribution in [3.63, 3.8) is 0 Å². The van der Waals surface area contributed by atoms with Gasteiger partial charge in [0.05, 0.1) is 11.6 Å². The number of nitriles is 1. The van der Waals surface area contributed by atoms with E-state index < -0.39 is 0 Å². The molecule has 0 amide bonds. The third kappa shape index (κ3) is 3.73. The summed E-state index contributed by atoms with van der Waals surface area (Å²) >= 11 is 0. The van der Waals surface area contributed by atoms with Gasteiger partial charge in [-0.05, 0) is 69.6 Å². The van der Waals surface area contributed by atoms with Crippen molar-refractivity contribution >= 4 is 27.1 Å². The van der Waals surface area contributed by atoms with Crippen LogP contribution in [-0.2, 0) is 6.42 Å². The zero-order valence-electron chi connectivity index (χ0n) is 18.0. The molecule has 2 heteroatoms. The van der Waals surface area contributed by atoms with Crippen LogP contribution in [0, 0.1) is 17.2 Å². The number of hydrogen-bond acceptors (Lipinski definition) is 2. The van der Waals surface area contributed by atoms with E-state index in [0.29, 0.717) is 11.5 Å². The standard InChI is InChI=1S/C19H18O.C11H7N/c20-12-14-11-19-15-6-2-1-5-13(15)9-10-18(19)17-8-4-3-7-16(14)17;12-8-9-5-6-10-3-1-2-4-11(10)7-9/h1-2,4-6,8-10,14,20H,3,7,11-12H2;1-7H. The van der Waals surface area contributed by atoms with Crippen molar-refractivity contribution in [1.29, 1.82) is 5.26 Å². The number of rotatable bonds is 1. The van der Waals surface area contributed by atoms with Crippen molar-refractivity contribution in [2.75, 3.05) is 6.61 Å². The summed E-state index contributed by atoms with van der Waals surface area (Å²) < 4.78 is 0. The number of hydrogen-bond donors (Lipinski definition) is 1. The monoisotopic (exact) mass is 415 g/mol. The molecule has 1 atom stereocenters. The molecule has 0 fully saturated rings. The van der Waals surface area contributed by atoms with Crippen LogP contribution >= 0.6 is 0 Å². The molecule has 4 aromatic carbocycles. The highest BCUT2D eigenvalue weighted by atomic mass is 16.3. The highest BCUT2D eigenvalue weighted by Crippen LogP contribution is 2.42. The van der Waals surface area contributed by atoms with Crippen LogP contribution in [0.5, 0.6) is 0 Å². The fraction of sp³-hybridized carbons (Fsp3) is 0.167. The summed E-state index contributed by atoms with van der Waals surface area (Å²) in [5.74, 6) is 0.299. The SMILES string of the molecule is N#Cc1ccc2ccccc2c1.OCC1Cc2c(ccc3ccccc23)C2=C1CCC=C2. The van der Waals surface area contributed by atoms with E-state index in [9.17, 15) is 5.11 Å². The van der Waals surface area contributed by atoms with Gasteiger partial charge in [-0.15, -0.1) is 0 Å². The molecule has 2 aliphatic rings. The van der Waals surface area contributed by atoms with Gasteiger partial charge in [0, 0.05) is 12.5 Å². The number of aliphatic hydroxyl groups is 1. The Labute approximate surface area is 188 Å². The molecule has 1 unspecified atom stereocenters. The van der Waals surface area contributed by atoms with Crippen LogP contribution in [0.25, 0.3) is 27.1 Å². The average molecular weight is 416 g/mol. The van der Waals surface area contributed by atoms with Gasteiger partial charge in [-0.1, -0.05) is 84.5 Å². The smallest absolute Gasteiger partial charge is 0.0991 e. The van der Waals surface area contributed by atoms with E-state index in [1.807, 2.05) is 42.5 Å². The van der Waals surface area contributed by atoms with Gasteiger partial charge < -0.3 is 5.11 Å². The molecule has 0 bridgehead atoms. The quantitative estimate of drug-likeness (QED) is 0.371. The first-order chi connectivity index (χ1) is 15.8. The van der Waals surface area contributed by atoms with Crippen LogP contribution in [0.15, 0.2) is 96.6 Å². The van der Waals surface area contributed by atoms with Gasteiger partial charge in [0.15, 0.2) is 0 Å². The molecule has 0 saturated carbocycles. The molecule has 2 aliphatic carbocycles. The topological polar surface area (TPSA) is 44.0 Å². The van der Waals surface area contributed by atoms with E-state index >= 15 is 0 Å². The molecule has 32 heavy (non-hydrogen) atoms. The Morgan fingerprint density at radius 2 is 1.62 bits per heavy atom. The first-order valence-electron chi connectivity index (χ1n) is 11.2.